The fraction of sp³-hybridized carbons (Fsp3) is 0.300. The number of carbonyl (C=O) groups is 1. The van der Waals surface area contributed by atoms with E-state index in [1.165, 1.54) is 10.4 Å². The summed E-state index contributed by atoms with van der Waals surface area (Å²) in [6.45, 7) is 3.71. The summed E-state index contributed by atoms with van der Waals surface area (Å²) in [4.78, 5) is 12.2. The lowest BCUT2D eigenvalue weighted by atomic mass is 10.0. The number of piperazine rings is 1. The summed E-state index contributed by atoms with van der Waals surface area (Å²) in [5.41, 5.74) is 3.38. The molecule has 1 aromatic carbocycles. The second-order valence-electron chi connectivity index (χ2n) is 7.19. The van der Waals surface area contributed by atoms with Crippen LogP contribution in [0, 0.1) is 13.8 Å². The number of rotatable bonds is 5. The summed E-state index contributed by atoms with van der Waals surface area (Å²) in [6, 6.07) is 12.3. The Morgan fingerprint density at radius 3 is 2.62 bits per heavy atom. The van der Waals surface area contributed by atoms with Gasteiger partial charge in [0.25, 0.3) is 10.0 Å². The molecule has 3 heterocycles. The summed E-state index contributed by atoms with van der Waals surface area (Å²) in [5.74, 6) is 0.0408. The lowest BCUT2D eigenvalue weighted by Crippen LogP contribution is -2.56. The zero-order chi connectivity index (χ0) is 20.6. The lowest BCUT2D eigenvalue weighted by Gasteiger charge is -2.31. The minimum Gasteiger partial charge on any atom is -0.442 e. The van der Waals surface area contributed by atoms with E-state index in [0.717, 1.165) is 16.8 Å². The Morgan fingerprint density at radius 2 is 1.93 bits per heavy atom. The molecule has 152 valence electrons. The molecule has 1 saturated heterocycles. The maximum atomic E-state index is 13.1. The number of aromatic amines is 1. The van der Waals surface area contributed by atoms with E-state index in [1.807, 2.05) is 44.2 Å². The van der Waals surface area contributed by atoms with E-state index in [4.69, 9.17) is 4.42 Å². The first-order valence-electron chi connectivity index (χ1n) is 9.30. The first kappa shape index (κ1) is 19.4. The maximum Gasteiger partial charge on any atom is 0.277 e. The van der Waals surface area contributed by atoms with Gasteiger partial charge in [-0.15, -0.1) is 0 Å². The fourth-order valence-corrected chi connectivity index (χ4v) is 4.78. The first-order chi connectivity index (χ1) is 13.8. The number of hydrogen-bond acceptors (Lipinski definition) is 5. The van der Waals surface area contributed by atoms with Crippen molar-refractivity contribution < 1.29 is 17.6 Å². The van der Waals surface area contributed by atoms with Crippen LogP contribution in [0.25, 0.3) is 11.5 Å². The molecule has 0 spiro atoms. The predicted octanol–water partition coefficient (Wildman–Crippen LogP) is 2.02. The molecule has 1 fully saturated rings. The van der Waals surface area contributed by atoms with Crippen molar-refractivity contribution in [2.75, 3.05) is 13.1 Å². The van der Waals surface area contributed by atoms with Gasteiger partial charge in [0.1, 0.15) is 5.69 Å². The number of carbonyl (C=O) groups excluding carboxylic acids is 1. The van der Waals surface area contributed by atoms with Crippen molar-refractivity contribution in [2.24, 2.45) is 0 Å². The second-order valence-corrected chi connectivity index (χ2v) is 9.06. The van der Waals surface area contributed by atoms with E-state index in [0.29, 0.717) is 17.9 Å². The smallest absolute Gasteiger partial charge is 0.277 e. The zero-order valence-corrected chi connectivity index (χ0v) is 17.0. The van der Waals surface area contributed by atoms with Gasteiger partial charge in [0.15, 0.2) is 5.76 Å². The van der Waals surface area contributed by atoms with Crippen LogP contribution in [0.15, 0.2) is 52.0 Å². The van der Waals surface area contributed by atoms with E-state index in [1.54, 1.807) is 6.07 Å². The molecule has 0 unspecified atom stereocenters. The molecule has 4 rings (SSSR count). The van der Waals surface area contributed by atoms with Gasteiger partial charge in [-0.25, -0.2) is 8.42 Å². The average molecular weight is 414 g/mol. The number of nitrogens with one attached hydrogen (secondary N) is 2. The normalized spacial score (nSPS) is 18.0. The molecule has 1 aliphatic rings. The molecule has 3 aromatic rings. The van der Waals surface area contributed by atoms with Crippen molar-refractivity contribution in [3.05, 3.63) is 59.3 Å². The highest BCUT2D eigenvalue weighted by Gasteiger charge is 2.35. The summed E-state index contributed by atoms with van der Waals surface area (Å²) in [7, 11) is -3.95. The maximum absolute atomic E-state index is 13.1. The SMILES string of the molecule is Cc1[nH]nc(-c2ccc(S(=O)(=O)N3CC(=O)N[C@@H](Cc4ccccc4)C3)o2)c1C. The molecular formula is C20H22N4O4S. The number of H-pyrrole nitrogens is 1. The average Bonchev–Trinajstić information content (AvgIpc) is 3.30. The Labute approximate surface area is 169 Å². The Hall–Kier alpha value is -2.91. The van der Waals surface area contributed by atoms with Crippen LogP contribution in [-0.4, -0.2) is 48.0 Å². The highest BCUT2D eigenvalue weighted by atomic mass is 32.2. The summed E-state index contributed by atoms with van der Waals surface area (Å²) in [6.07, 6.45) is 0.549. The molecule has 1 aliphatic heterocycles. The number of aromatic nitrogens is 2. The quantitative estimate of drug-likeness (QED) is 0.664. The number of hydrogen-bond donors (Lipinski definition) is 2. The van der Waals surface area contributed by atoms with Crippen LogP contribution in [0.2, 0.25) is 0 Å². The van der Waals surface area contributed by atoms with Crippen molar-refractivity contribution in [2.45, 2.75) is 31.4 Å². The molecule has 0 radical (unpaired) electrons. The Kier molecular flexibility index (Phi) is 5.01. The molecule has 1 amide bonds. The topological polar surface area (TPSA) is 108 Å². The molecule has 2 N–H and O–H groups in total. The minimum atomic E-state index is -3.95. The van der Waals surface area contributed by atoms with Gasteiger partial charge in [-0.1, -0.05) is 30.3 Å². The summed E-state index contributed by atoms with van der Waals surface area (Å²) in [5, 5.41) is 9.71. The van der Waals surface area contributed by atoms with E-state index >= 15 is 0 Å². The Balaban J connectivity index is 1.56. The largest absolute Gasteiger partial charge is 0.442 e. The fourth-order valence-electron chi connectivity index (χ4n) is 3.43. The van der Waals surface area contributed by atoms with Gasteiger partial charge in [0, 0.05) is 23.8 Å². The number of furan rings is 1. The Morgan fingerprint density at radius 1 is 1.17 bits per heavy atom. The van der Waals surface area contributed by atoms with Crippen molar-refractivity contribution in [1.29, 1.82) is 0 Å². The number of nitrogens with zero attached hydrogens (tertiary/aromatic N) is 2. The van der Waals surface area contributed by atoms with Gasteiger partial charge in [-0.3, -0.25) is 9.89 Å². The molecule has 29 heavy (non-hydrogen) atoms. The van der Waals surface area contributed by atoms with Gasteiger partial charge in [0.05, 0.1) is 6.54 Å². The van der Waals surface area contributed by atoms with Crippen molar-refractivity contribution in [3.63, 3.8) is 0 Å². The minimum absolute atomic E-state index is 0.180. The molecule has 0 saturated carbocycles. The molecular weight excluding hydrogens is 392 g/mol. The third kappa shape index (κ3) is 3.83. The van der Waals surface area contributed by atoms with Crippen molar-refractivity contribution in [1.82, 2.24) is 19.8 Å². The molecule has 0 aliphatic carbocycles. The van der Waals surface area contributed by atoms with E-state index in [9.17, 15) is 13.2 Å². The zero-order valence-electron chi connectivity index (χ0n) is 16.2. The van der Waals surface area contributed by atoms with E-state index in [-0.39, 0.29) is 30.1 Å². The standard InChI is InChI=1S/C20H22N4O4S/c1-13-14(2)22-23-20(13)17-8-9-19(28-17)29(26,27)24-11-16(21-18(25)12-24)10-15-6-4-3-5-7-15/h3-9,16H,10-12H2,1-2H3,(H,21,25)(H,22,23)/t16-/m0/s1. The van der Waals surface area contributed by atoms with Gasteiger partial charge in [0.2, 0.25) is 11.0 Å². The predicted molar refractivity (Wildman–Crippen MR) is 107 cm³/mol. The molecule has 0 bridgehead atoms. The van der Waals surface area contributed by atoms with Gasteiger partial charge >= 0.3 is 0 Å². The second kappa shape index (κ2) is 7.49. The van der Waals surface area contributed by atoms with Gasteiger partial charge in [-0.2, -0.15) is 9.40 Å². The third-order valence-electron chi connectivity index (χ3n) is 5.10. The first-order valence-corrected chi connectivity index (χ1v) is 10.7. The van der Waals surface area contributed by atoms with Gasteiger partial charge in [-0.05, 0) is 38.0 Å². The van der Waals surface area contributed by atoms with E-state index < -0.39 is 10.0 Å². The third-order valence-corrected chi connectivity index (χ3v) is 6.78. The molecule has 2 aromatic heterocycles. The Bertz CT molecular complexity index is 1130. The lowest BCUT2D eigenvalue weighted by molar-refractivity contribution is -0.123. The van der Waals surface area contributed by atoms with Crippen LogP contribution in [-0.2, 0) is 21.2 Å². The van der Waals surface area contributed by atoms with Crippen LogP contribution in [0.4, 0.5) is 0 Å². The monoisotopic (exact) mass is 414 g/mol. The number of amides is 1. The van der Waals surface area contributed by atoms with Crippen molar-refractivity contribution >= 4 is 15.9 Å². The van der Waals surface area contributed by atoms with Crippen molar-refractivity contribution in [3.8, 4) is 11.5 Å². The van der Waals surface area contributed by atoms with Crippen LogP contribution in [0.5, 0.6) is 0 Å². The summed E-state index contributed by atoms with van der Waals surface area (Å²) < 4.78 is 33.0. The van der Waals surface area contributed by atoms with Crippen LogP contribution < -0.4 is 5.32 Å². The molecule has 9 heteroatoms. The number of aryl methyl sites for hydroxylation is 1. The van der Waals surface area contributed by atoms with E-state index in [2.05, 4.69) is 15.5 Å². The summed E-state index contributed by atoms with van der Waals surface area (Å²) >= 11 is 0. The number of benzene rings is 1. The molecule has 1 atom stereocenters. The number of sulfonamides is 1. The van der Waals surface area contributed by atoms with Gasteiger partial charge < -0.3 is 9.73 Å². The van der Waals surface area contributed by atoms with Crippen LogP contribution in [0.3, 0.4) is 0 Å². The highest BCUT2D eigenvalue weighted by Crippen LogP contribution is 2.28. The van der Waals surface area contributed by atoms with Crippen LogP contribution in [0.1, 0.15) is 16.8 Å². The highest BCUT2D eigenvalue weighted by molar-refractivity contribution is 7.89. The molecule has 8 nitrogen and oxygen atoms in total. The van der Waals surface area contributed by atoms with Crippen LogP contribution >= 0.6 is 0 Å².